The van der Waals surface area contributed by atoms with Gasteiger partial charge in [-0.25, -0.2) is 0 Å². The van der Waals surface area contributed by atoms with E-state index < -0.39 is 0 Å². The fourth-order valence-electron chi connectivity index (χ4n) is 1.53. The summed E-state index contributed by atoms with van der Waals surface area (Å²) in [6.45, 7) is 2.03. The lowest BCUT2D eigenvalue weighted by atomic mass is 10.1. The van der Waals surface area contributed by atoms with Crippen molar-refractivity contribution in [2.75, 3.05) is 5.32 Å². The van der Waals surface area contributed by atoms with Crippen LogP contribution in [0.3, 0.4) is 0 Å². The molecule has 1 heterocycles. The molecule has 0 aliphatic carbocycles. The van der Waals surface area contributed by atoms with E-state index in [2.05, 4.69) is 10.7 Å². The van der Waals surface area contributed by atoms with Crippen LogP contribution in [0.15, 0.2) is 41.1 Å². The Morgan fingerprint density at radius 2 is 2.07 bits per heavy atom. The van der Waals surface area contributed by atoms with E-state index in [-0.39, 0.29) is 6.04 Å². The van der Waals surface area contributed by atoms with Crippen molar-refractivity contribution in [2.24, 2.45) is 0 Å². The summed E-state index contributed by atoms with van der Waals surface area (Å²) in [7, 11) is 0. The lowest BCUT2D eigenvalue weighted by molar-refractivity contribution is 0.465. The Labute approximate surface area is 93.2 Å². The molecular weight excluding hydrogens is 206 g/mol. The van der Waals surface area contributed by atoms with Crippen molar-refractivity contribution in [3.05, 3.63) is 46.7 Å². The Balaban J connectivity index is 2.15. The van der Waals surface area contributed by atoms with Gasteiger partial charge in [0.15, 0.2) is 0 Å². The number of thiophene rings is 1. The normalized spacial score (nSPS) is 12.3. The predicted octanol–water partition coefficient (Wildman–Crippen LogP) is 3.63. The van der Waals surface area contributed by atoms with Crippen LogP contribution in [0.2, 0.25) is 0 Å². The Kier molecular flexibility index (Phi) is 2.92. The van der Waals surface area contributed by atoms with Gasteiger partial charge in [0.1, 0.15) is 5.75 Å². The van der Waals surface area contributed by atoms with Gasteiger partial charge in [-0.3, -0.25) is 0 Å². The summed E-state index contributed by atoms with van der Waals surface area (Å²) in [5, 5.41) is 17.1. The molecule has 0 spiro atoms. The summed E-state index contributed by atoms with van der Waals surface area (Å²) in [4.78, 5) is 0. The smallest absolute Gasteiger partial charge is 0.120 e. The molecule has 1 atom stereocenters. The molecule has 2 aromatic rings. The van der Waals surface area contributed by atoms with Crippen molar-refractivity contribution in [3.63, 3.8) is 0 Å². The lowest BCUT2D eigenvalue weighted by Gasteiger charge is -2.15. The molecule has 1 unspecified atom stereocenters. The maximum absolute atomic E-state index is 9.67. The molecule has 2 N–H and O–H groups in total. The van der Waals surface area contributed by atoms with E-state index >= 15 is 0 Å². The van der Waals surface area contributed by atoms with Crippen LogP contribution in [-0.4, -0.2) is 5.11 Å². The van der Waals surface area contributed by atoms with Crippen molar-refractivity contribution in [2.45, 2.75) is 13.0 Å². The first-order valence-corrected chi connectivity index (χ1v) is 5.78. The first kappa shape index (κ1) is 10.1. The van der Waals surface area contributed by atoms with Gasteiger partial charge in [0.05, 0.1) is 6.04 Å². The molecule has 0 aliphatic heterocycles. The molecule has 0 aliphatic rings. The first-order valence-electron chi connectivity index (χ1n) is 4.84. The van der Waals surface area contributed by atoms with E-state index in [4.69, 9.17) is 0 Å². The van der Waals surface area contributed by atoms with Gasteiger partial charge < -0.3 is 10.4 Å². The van der Waals surface area contributed by atoms with Crippen LogP contribution in [0.5, 0.6) is 5.75 Å². The molecule has 0 saturated carbocycles. The van der Waals surface area contributed by atoms with Crippen LogP contribution in [0.4, 0.5) is 5.69 Å². The molecule has 15 heavy (non-hydrogen) atoms. The van der Waals surface area contributed by atoms with Crippen molar-refractivity contribution < 1.29 is 5.11 Å². The van der Waals surface area contributed by atoms with E-state index in [1.54, 1.807) is 17.4 Å². The lowest BCUT2D eigenvalue weighted by Crippen LogP contribution is -2.05. The van der Waals surface area contributed by atoms with Gasteiger partial charge in [0, 0.05) is 16.6 Å². The SMILES string of the molecule is CC(Nc1ccsc1)c1ccccc1O. The standard InChI is InChI=1S/C12H13NOS/c1-9(13-10-6-7-15-8-10)11-4-2-3-5-12(11)14/h2-9,13-14H,1H3. The van der Waals surface area contributed by atoms with E-state index in [9.17, 15) is 5.11 Å². The van der Waals surface area contributed by atoms with Crippen LogP contribution in [0.1, 0.15) is 18.5 Å². The number of phenolic OH excluding ortho intramolecular Hbond substituents is 1. The summed E-state index contributed by atoms with van der Waals surface area (Å²) in [6.07, 6.45) is 0. The van der Waals surface area contributed by atoms with Gasteiger partial charge in [-0.15, -0.1) is 0 Å². The highest BCUT2D eigenvalue weighted by atomic mass is 32.1. The molecule has 3 heteroatoms. The average Bonchev–Trinajstić information content (AvgIpc) is 2.71. The number of aromatic hydroxyl groups is 1. The molecule has 0 fully saturated rings. The van der Waals surface area contributed by atoms with Crippen molar-refractivity contribution >= 4 is 17.0 Å². The highest BCUT2D eigenvalue weighted by Gasteiger charge is 2.08. The van der Waals surface area contributed by atoms with E-state index in [1.807, 2.05) is 36.6 Å². The fraction of sp³-hybridized carbons (Fsp3) is 0.167. The van der Waals surface area contributed by atoms with Gasteiger partial charge in [-0.2, -0.15) is 11.3 Å². The summed E-state index contributed by atoms with van der Waals surface area (Å²) >= 11 is 1.66. The second-order valence-corrected chi connectivity index (χ2v) is 4.22. The minimum atomic E-state index is 0.112. The molecular formula is C12H13NOS. The molecule has 1 aromatic heterocycles. The van der Waals surface area contributed by atoms with Gasteiger partial charge >= 0.3 is 0 Å². The van der Waals surface area contributed by atoms with Crippen LogP contribution in [0.25, 0.3) is 0 Å². The number of nitrogens with one attached hydrogen (secondary N) is 1. The van der Waals surface area contributed by atoms with Crippen molar-refractivity contribution in [1.82, 2.24) is 0 Å². The maximum Gasteiger partial charge on any atom is 0.120 e. The third-order valence-electron chi connectivity index (χ3n) is 2.31. The van der Waals surface area contributed by atoms with Gasteiger partial charge in [0.25, 0.3) is 0 Å². The summed E-state index contributed by atoms with van der Waals surface area (Å²) < 4.78 is 0. The highest BCUT2D eigenvalue weighted by Crippen LogP contribution is 2.26. The number of hydrogen-bond donors (Lipinski definition) is 2. The second-order valence-electron chi connectivity index (χ2n) is 3.44. The minimum Gasteiger partial charge on any atom is -0.508 e. The zero-order valence-electron chi connectivity index (χ0n) is 8.47. The quantitative estimate of drug-likeness (QED) is 0.826. The number of para-hydroxylation sites is 1. The van der Waals surface area contributed by atoms with Gasteiger partial charge in [0.2, 0.25) is 0 Å². The number of anilines is 1. The zero-order chi connectivity index (χ0) is 10.7. The molecule has 0 amide bonds. The molecule has 2 rings (SSSR count). The Bertz CT molecular complexity index is 425. The molecule has 0 bridgehead atoms. The zero-order valence-corrected chi connectivity index (χ0v) is 9.29. The van der Waals surface area contributed by atoms with Crippen molar-refractivity contribution in [3.8, 4) is 5.75 Å². The molecule has 2 nitrogen and oxygen atoms in total. The molecule has 1 aromatic carbocycles. The van der Waals surface area contributed by atoms with Crippen LogP contribution in [0, 0.1) is 0 Å². The molecule has 0 radical (unpaired) electrons. The van der Waals surface area contributed by atoms with E-state index in [1.165, 1.54) is 0 Å². The fourth-order valence-corrected chi connectivity index (χ4v) is 2.12. The Morgan fingerprint density at radius 3 is 2.73 bits per heavy atom. The summed E-state index contributed by atoms with van der Waals surface area (Å²) in [6, 6.07) is 9.54. The van der Waals surface area contributed by atoms with Gasteiger partial charge in [-0.05, 0) is 24.4 Å². The average molecular weight is 219 g/mol. The summed E-state index contributed by atoms with van der Waals surface area (Å²) in [5.41, 5.74) is 2.01. The Morgan fingerprint density at radius 1 is 1.27 bits per heavy atom. The number of hydrogen-bond acceptors (Lipinski definition) is 3. The monoisotopic (exact) mass is 219 g/mol. The predicted molar refractivity (Wildman–Crippen MR) is 64.5 cm³/mol. The van der Waals surface area contributed by atoms with Gasteiger partial charge in [-0.1, -0.05) is 18.2 Å². The third kappa shape index (κ3) is 2.30. The largest absolute Gasteiger partial charge is 0.508 e. The van der Waals surface area contributed by atoms with Crippen molar-refractivity contribution in [1.29, 1.82) is 0 Å². The molecule has 0 saturated heterocycles. The topological polar surface area (TPSA) is 32.3 Å². The van der Waals surface area contributed by atoms with E-state index in [0.29, 0.717) is 5.75 Å². The number of benzene rings is 1. The number of phenols is 1. The van der Waals surface area contributed by atoms with Crippen LogP contribution in [-0.2, 0) is 0 Å². The first-order chi connectivity index (χ1) is 7.27. The van der Waals surface area contributed by atoms with Crippen LogP contribution < -0.4 is 5.32 Å². The molecule has 78 valence electrons. The minimum absolute atomic E-state index is 0.112. The van der Waals surface area contributed by atoms with Crippen LogP contribution >= 0.6 is 11.3 Å². The highest BCUT2D eigenvalue weighted by molar-refractivity contribution is 7.08. The number of rotatable bonds is 3. The second kappa shape index (κ2) is 4.36. The third-order valence-corrected chi connectivity index (χ3v) is 2.99. The summed E-state index contributed by atoms with van der Waals surface area (Å²) in [5.74, 6) is 0.340. The maximum atomic E-state index is 9.67. The van der Waals surface area contributed by atoms with E-state index in [0.717, 1.165) is 11.3 Å². The Hall–Kier alpha value is -1.48.